The monoisotopic (exact) mass is 378 g/mol. The first-order valence-corrected chi connectivity index (χ1v) is 8.84. The van der Waals surface area contributed by atoms with E-state index in [0.717, 1.165) is 33.7 Å². The molecule has 0 N–H and O–H groups in total. The molecule has 0 aliphatic heterocycles. The van der Waals surface area contributed by atoms with Crippen LogP contribution in [-0.4, -0.2) is 35.0 Å². The van der Waals surface area contributed by atoms with Crippen LogP contribution in [0.4, 0.5) is 0 Å². The SMILES string of the molecule is Cc1nc2c(OCc3ccc(Cl)cc3Cl)cccn2c1C[N+](C)(C)C. The maximum absolute atomic E-state index is 6.23. The molecule has 0 radical (unpaired) electrons. The highest BCUT2D eigenvalue weighted by Gasteiger charge is 2.18. The number of hydrogen-bond acceptors (Lipinski definition) is 2. The smallest absolute Gasteiger partial charge is 0.180 e. The molecule has 6 heteroatoms. The number of rotatable bonds is 5. The van der Waals surface area contributed by atoms with Crippen LogP contribution in [0.2, 0.25) is 10.0 Å². The highest BCUT2D eigenvalue weighted by atomic mass is 35.5. The summed E-state index contributed by atoms with van der Waals surface area (Å²) in [6, 6.07) is 9.32. The first-order chi connectivity index (χ1) is 11.7. The molecule has 0 fully saturated rings. The zero-order chi connectivity index (χ0) is 18.2. The standard InChI is InChI=1S/C19H22Cl2N3O/c1-13-17(11-24(2,3)4)23-9-5-6-18(19(23)22-13)25-12-14-7-8-15(20)10-16(14)21/h5-10H,11-12H2,1-4H3/q+1. The highest BCUT2D eigenvalue weighted by molar-refractivity contribution is 6.35. The Kier molecular flexibility index (Phi) is 4.96. The van der Waals surface area contributed by atoms with Gasteiger partial charge in [-0.15, -0.1) is 0 Å². The lowest BCUT2D eigenvalue weighted by Crippen LogP contribution is -2.34. The number of nitrogens with zero attached hydrogens (tertiary/aromatic N) is 3. The molecular weight excluding hydrogens is 357 g/mol. The predicted octanol–water partition coefficient (Wildman–Crippen LogP) is 4.73. The lowest BCUT2D eigenvalue weighted by molar-refractivity contribution is -0.884. The van der Waals surface area contributed by atoms with Crippen LogP contribution in [0.25, 0.3) is 5.65 Å². The molecule has 25 heavy (non-hydrogen) atoms. The van der Waals surface area contributed by atoms with Crippen molar-refractivity contribution >= 4 is 28.8 Å². The van der Waals surface area contributed by atoms with Gasteiger partial charge in [0.2, 0.25) is 0 Å². The van der Waals surface area contributed by atoms with E-state index in [2.05, 4.69) is 25.5 Å². The van der Waals surface area contributed by atoms with Gasteiger partial charge in [0.15, 0.2) is 11.4 Å². The van der Waals surface area contributed by atoms with Crippen LogP contribution >= 0.6 is 23.2 Å². The second kappa shape index (κ2) is 6.87. The van der Waals surface area contributed by atoms with Crippen molar-refractivity contribution in [2.24, 2.45) is 0 Å². The third-order valence-electron chi connectivity index (χ3n) is 3.94. The van der Waals surface area contributed by atoms with Gasteiger partial charge in [0.05, 0.1) is 26.8 Å². The largest absolute Gasteiger partial charge is 0.485 e. The Morgan fingerprint density at radius 2 is 1.92 bits per heavy atom. The number of hydrogen-bond donors (Lipinski definition) is 0. The maximum Gasteiger partial charge on any atom is 0.180 e. The number of aromatic nitrogens is 2. The van der Waals surface area contributed by atoms with Crippen LogP contribution in [-0.2, 0) is 13.2 Å². The molecule has 0 aliphatic carbocycles. The van der Waals surface area contributed by atoms with E-state index in [9.17, 15) is 0 Å². The van der Waals surface area contributed by atoms with Gasteiger partial charge in [-0.1, -0.05) is 29.3 Å². The molecule has 0 spiro atoms. The Hall–Kier alpha value is -1.75. The minimum absolute atomic E-state index is 0.367. The molecular formula is C19H22Cl2N3O+. The summed E-state index contributed by atoms with van der Waals surface area (Å²) in [6.07, 6.45) is 2.03. The van der Waals surface area contributed by atoms with Gasteiger partial charge in [0.1, 0.15) is 18.8 Å². The van der Waals surface area contributed by atoms with Crippen molar-refractivity contribution in [2.45, 2.75) is 20.1 Å². The molecule has 0 saturated heterocycles. The number of benzene rings is 1. The molecule has 0 bridgehead atoms. The lowest BCUT2D eigenvalue weighted by atomic mass is 10.2. The molecule has 2 aromatic heterocycles. The van der Waals surface area contributed by atoms with Gasteiger partial charge in [-0.2, -0.15) is 0 Å². The first-order valence-electron chi connectivity index (χ1n) is 8.08. The van der Waals surface area contributed by atoms with E-state index in [4.69, 9.17) is 32.9 Å². The summed E-state index contributed by atoms with van der Waals surface area (Å²) < 4.78 is 8.95. The Labute approximate surface area is 158 Å². The van der Waals surface area contributed by atoms with Crippen molar-refractivity contribution in [3.8, 4) is 5.75 Å². The Balaban J connectivity index is 1.91. The average Bonchev–Trinajstić information content (AvgIpc) is 2.82. The molecule has 0 unspecified atom stereocenters. The van der Waals surface area contributed by atoms with E-state index < -0.39 is 0 Å². The molecule has 3 aromatic rings. The van der Waals surface area contributed by atoms with Crippen LogP contribution in [0.15, 0.2) is 36.5 Å². The number of imidazole rings is 1. The number of halogens is 2. The maximum atomic E-state index is 6.23. The molecule has 2 heterocycles. The zero-order valence-corrected chi connectivity index (χ0v) is 16.4. The zero-order valence-electron chi connectivity index (χ0n) is 14.9. The fourth-order valence-corrected chi connectivity index (χ4v) is 3.21. The van der Waals surface area contributed by atoms with Crippen LogP contribution in [0.3, 0.4) is 0 Å². The number of pyridine rings is 1. The summed E-state index contributed by atoms with van der Waals surface area (Å²) in [4.78, 5) is 4.72. The van der Waals surface area contributed by atoms with Crippen molar-refractivity contribution in [3.05, 3.63) is 63.5 Å². The van der Waals surface area contributed by atoms with Crippen molar-refractivity contribution in [3.63, 3.8) is 0 Å². The molecule has 1 aromatic carbocycles. The Morgan fingerprint density at radius 1 is 1.16 bits per heavy atom. The van der Waals surface area contributed by atoms with Gasteiger partial charge in [-0.25, -0.2) is 4.98 Å². The van der Waals surface area contributed by atoms with Gasteiger partial charge in [0.25, 0.3) is 0 Å². The molecule has 0 atom stereocenters. The van der Waals surface area contributed by atoms with Crippen LogP contribution in [0.1, 0.15) is 17.0 Å². The van der Waals surface area contributed by atoms with E-state index in [1.165, 1.54) is 5.69 Å². The fourth-order valence-electron chi connectivity index (χ4n) is 2.75. The van der Waals surface area contributed by atoms with Gasteiger partial charge in [0, 0.05) is 21.8 Å². The summed E-state index contributed by atoms with van der Waals surface area (Å²) >= 11 is 12.2. The Bertz CT molecular complexity index is 913. The highest BCUT2D eigenvalue weighted by Crippen LogP contribution is 2.26. The molecule has 0 aliphatic rings. The van der Waals surface area contributed by atoms with Gasteiger partial charge < -0.3 is 9.22 Å². The summed E-state index contributed by atoms with van der Waals surface area (Å²) in [7, 11) is 6.51. The molecule has 3 rings (SSSR count). The molecule has 0 saturated carbocycles. The lowest BCUT2D eigenvalue weighted by Gasteiger charge is -2.23. The van der Waals surface area contributed by atoms with Crippen LogP contribution in [0.5, 0.6) is 5.75 Å². The first kappa shape index (κ1) is 18.1. The van der Waals surface area contributed by atoms with E-state index in [0.29, 0.717) is 16.7 Å². The number of ether oxygens (including phenoxy) is 1. The summed E-state index contributed by atoms with van der Waals surface area (Å²) in [5.74, 6) is 0.740. The summed E-state index contributed by atoms with van der Waals surface area (Å²) in [5, 5.41) is 1.22. The Morgan fingerprint density at radius 3 is 2.60 bits per heavy atom. The van der Waals surface area contributed by atoms with Crippen molar-refractivity contribution in [2.75, 3.05) is 21.1 Å². The van der Waals surface area contributed by atoms with Gasteiger partial charge in [-0.3, -0.25) is 4.40 Å². The molecule has 0 amide bonds. The van der Waals surface area contributed by atoms with E-state index in [1.807, 2.05) is 37.4 Å². The summed E-state index contributed by atoms with van der Waals surface area (Å²) in [5.41, 5.74) is 3.93. The van der Waals surface area contributed by atoms with E-state index in [1.54, 1.807) is 6.07 Å². The number of aryl methyl sites for hydroxylation is 1. The van der Waals surface area contributed by atoms with Crippen LogP contribution < -0.4 is 4.74 Å². The summed E-state index contributed by atoms with van der Waals surface area (Å²) in [6.45, 7) is 3.30. The third-order valence-corrected chi connectivity index (χ3v) is 4.52. The van der Waals surface area contributed by atoms with E-state index in [-0.39, 0.29) is 0 Å². The molecule has 4 nitrogen and oxygen atoms in total. The van der Waals surface area contributed by atoms with Crippen LogP contribution in [0, 0.1) is 6.92 Å². The minimum atomic E-state index is 0.367. The molecule has 132 valence electrons. The number of fused-ring (bicyclic) bond motifs is 1. The average molecular weight is 379 g/mol. The van der Waals surface area contributed by atoms with Gasteiger partial charge in [-0.05, 0) is 31.2 Å². The van der Waals surface area contributed by atoms with E-state index >= 15 is 0 Å². The third kappa shape index (κ3) is 4.09. The van der Waals surface area contributed by atoms with Gasteiger partial charge >= 0.3 is 0 Å². The normalized spacial score (nSPS) is 11.9. The van der Waals surface area contributed by atoms with Crippen molar-refractivity contribution < 1.29 is 9.22 Å². The number of quaternary nitrogens is 1. The minimum Gasteiger partial charge on any atom is -0.485 e. The quantitative estimate of drug-likeness (QED) is 0.599. The van der Waals surface area contributed by atoms with Crippen molar-refractivity contribution in [1.29, 1.82) is 0 Å². The van der Waals surface area contributed by atoms with Crippen molar-refractivity contribution in [1.82, 2.24) is 9.38 Å². The predicted molar refractivity (Wildman–Crippen MR) is 102 cm³/mol. The topological polar surface area (TPSA) is 26.5 Å². The second-order valence-electron chi connectivity index (χ2n) is 7.18. The fraction of sp³-hybridized carbons (Fsp3) is 0.316. The second-order valence-corrected chi connectivity index (χ2v) is 8.03.